The van der Waals surface area contributed by atoms with E-state index in [9.17, 15) is 4.79 Å². The third kappa shape index (κ3) is 3.25. The van der Waals surface area contributed by atoms with Crippen LogP contribution >= 0.6 is 11.8 Å². The van der Waals surface area contributed by atoms with Gasteiger partial charge in [-0.1, -0.05) is 23.9 Å². The van der Waals surface area contributed by atoms with Gasteiger partial charge in [0.2, 0.25) is 0 Å². The molecule has 0 aliphatic rings. The number of nitrogens with one attached hydrogen (secondary N) is 1. The van der Waals surface area contributed by atoms with Crippen molar-refractivity contribution in [3.8, 4) is 0 Å². The maximum absolute atomic E-state index is 10.8. The lowest BCUT2D eigenvalue weighted by Crippen LogP contribution is -2.30. The maximum atomic E-state index is 10.8. The van der Waals surface area contributed by atoms with Gasteiger partial charge in [0.05, 0.1) is 0 Å². The van der Waals surface area contributed by atoms with Crippen molar-refractivity contribution in [3.05, 3.63) is 29.3 Å². The zero-order valence-electron chi connectivity index (χ0n) is 9.07. The monoisotopic (exact) mass is 225 g/mol. The summed E-state index contributed by atoms with van der Waals surface area (Å²) in [5, 5.41) is 11.1. The van der Waals surface area contributed by atoms with Crippen LogP contribution in [-0.4, -0.2) is 23.5 Å². The van der Waals surface area contributed by atoms with Gasteiger partial charge in [-0.05, 0) is 38.1 Å². The number of thioether (sulfide) groups is 1. The van der Waals surface area contributed by atoms with E-state index in [1.807, 2.05) is 32.0 Å². The molecule has 1 aromatic carbocycles. The molecule has 0 aliphatic carbocycles. The Kier molecular flexibility index (Phi) is 4.17. The van der Waals surface area contributed by atoms with Gasteiger partial charge in [0, 0.05) is 4.90 Å². The fourth-order valence-electron chi connectivity index (χ4n) is 1.19. The first-order valence-corrected chi connectivity index (χ1v) is 5.56. The number of likely N-dealkylation sites (N-methyl/N-ethyl adjacent to an activating group) is 1. The molecule has 4 heteroatoms. The van der Waals surface area contributed by atoms with E-state index in [0.717, 1.165) is 16.0 Å². The molecule has 1 aromatic rings. The van der Waals surface area contributed by atoms with E-state index in [1.165, 1.54) is 11.8 Å². The average molecular weight is 225 g/mol. The van der Waals surface area contributed by atoms with Gasteiger partial charge in [0.1, 0.15) is 0 Å². The highest BCUT2D eigenvalue weighted by atomic mass is 32.2. The van der Waals surface area contributed by atoms with Crippen molar-refractivity contribution in [1.82, 2.24) is 5.32 Å². The summed E-state index contributed by atoms with van der Waals surface area (Å²) in [4.78, 5) is 11.9. The largest absolute Gasteiger partial charge is 0.479 e. The fraction of sp³-hybridized carbons (Fsp3) is 0.364. The van der Waals surface area contributed by atoms with Gasteiger partial charge in [-0.3, -0.25) is 5.32 Å². The van der Waals surface area contributed by atoms with E-state index in [2.05, 4.69) is 5.32 Å². The molecule has 0 fully saturated rings. The highest BCUT2D eigenvalue weighted by molar-refractivity contribution is 8.00. The molecule has 0 amide bonds. The van der Waals surface area contributed by atoms with Crippen LogP contribution in [0.15, 0.2) is 23.1 Å². The highest BCUT2D eigenvalue weighted by Crippen LogP contribution is 2.26. The number of carboxylic acid groups (broad SMARTS) is 1. The fourth-order valence-corrected chi connectivity index (χ4v) is 2.17. The molecule has 0 radical (unpaired) electrons. The molecule has 82 valence electrons. The van der Waals surface area contributed by atoms with Crippen molar-refractivity contribution in [3.63, 3.8) is 0 Å². The summed E-state index contributed by atoms with van der Waals surface area (Å²) in [6.45, 7) is 3.98. The predicted molar refractivity (Wildman–Crippen MR) is 62.3 cm³/mol. The van der Waals surface area contributed by atoms with Crippen molar-refractivity contribution in [2.45, 2.75) is 24.1 Å². The smallest absolute Gasteiger partial charge is 0.331 e. The van der Waals surface area contributed by atoms with Crippen LogP contribution in [0.3, 0.4) is 0 Å². The Morgan fingerprint density at radius 1 is 1.47 bits per heavy atom. The van der Waals surface area contributed by atoms with Crippen LogP contribution < -0.4 is 5.32 Å². The average Bonchev–Trinajstić information content (AvgIpc) is 2.18. The second kappa shape index (κ2) is 5.19. The van der Waals surface area contributed by atoms with E-state index in [1.54, 1.807) is 7.05 Å². The third-order valence-corrected chi connectivity index (χ3v) is 3.44. The molecular formula is C11H15NO2S. The van der Waals surface area contributed by atoms with Crippen LogP contribution in [0.2, 0.25) is 0 Å². The molecule has 0 aliphatic heterocycles. The number of benzene rings is 1. The Labute approximate surface area is 93.9 Å². The lowest BCUT2D eigenvalue weighted by molar-refractivity contribution is -0.136. The van der Waals surface area contributed by atoms with Crippen molar-refractivity contribution >= 4 is 17.7 Å². The Hall–Kier alpha value is -1.00. The first-order chi connectivity index (χ1) is 7.04. The van der Waals surface area contributed by atoms with Crippen LogP contribution in [0.1, 0.15) is 11.1 Å². The molecule has 0 spiro atoms. The Bertz CT molecular complexity index is 366. The summed E-state index contributed by atoms with van der Waals surface area (Å²) in [7, 11) is 1.65. The van der Waals surface area contributed by atoms with Crippen molar-refractivity contribution in [1.29, 1.82) is 0 Å². The number of carbonyl (C=O) groups is 1. The van der Waals surface area contributed by atoms with E-state index in [0.29, 0.717) is 0 Å². The van der Waals surface area contributed by atoms with E-state index >= 15 is 0 Å². The molecule has 0 saturated carbocycles. The Morgan fingerprint density at radius 3 is 2.67 bits per heavy atom. The van der Waals surface area contributed by atoms with Gasteiger partial charge >= 0.3 is 5.97 Å². The van der Waals surface area contributed by atoms with Crippen LogP contribution in [0.4, 0.5) is 0 Å². The summed E-state index contributed by atoms with van der Waals surface area (Å²) in [6, 6.07) is 6.04. The zero-order chi connectivity index (χ0) is 11.4. The molecule has 0 heterocycles. The molecule has 1 rings (SSSR count). The Morgan fingerprint density at radius 2 is 2.13 bits per heavy atom. The molecule has 0 aromatic heterocycles. The minimum atomic E-state index is -0.844. The van der Waals surface area contributed by atoms with Crippen LogP contribution in [0.25, 0.3) is 0 Å². The predicted octanol–water partition coefficient (Wildman–Crippen LogP) is 2.03. The zero-order valence-corrected chi connectivity index (χ0v) is 9.89. The lowest BCUT2D eigenvalue weighted by Gasteiger charge is -2.12. The number of aliphatic carboxylic acids is 1. The number of rotatable bonds is 4. The molecule has 15 heavy (non-hydrogen) atoms. The van der Waals surface area contributed by atoms with Gasteiger partial charge in [0.25, 0.3) is 0 Å². The molecule has 3 nitrogen and oxygen atoms in total. The molecule has 0 bridgehead atoms. The maximum Gasteiger partial charge on any atom is 0.331 e. The molecule has 1 unspecified atom stereocenters. The first kappa shape index (κ1) is 12.1. The second-order valence-corrected chi connectivity index (χ2v) is 4.54. The van der Waals surface area contributed by atoms with Crippen LogP contribution in [-0.2, 0) is 4.79 Å². The Balaban J connectivity index is 2.87. The molecule has 0 saturated heterocycles. The highest BCUT2D eigenvalue weighted by Gasteiger charge is 2.16. The van der Waals surface area contributed by atoms with Gasteiger partial charge in [0.15, 0.2) is 5.37 Å². The molecule has 2 N–H and O–H groups in total. The summed E-state index contributed by atoms with van der Waals surface area (Å²) in [5.41, 5.74) is 2.25. The van der Waals surface area contributed by atoms with E-state index < -0.39 is 11.3 Å². The summed E-state index contributed by atoms with van der Waals surface area (Å²) < 4.78 is 0. The summed E-state index contributed by atoms with van der Waals surface area (Å²) >= 11 is 1.33. The molecule has 1 atom stereocenters. The second-order valence-electron chi connectivity index (χ2n) is 3.39. The van der Waals surface area contributed by atoms with Crippen LogP contribution in [0, 0.1) is 13.8 Å². The number of hydrogen-bond acceptors (Lipinski definition) is 3. The lowest BCUT2D eigenvalue weighted by atomic mass is 10.2. The summed E-state index contributed by atoms with van der Waals surface area (Å²) in [6.07, 6.45) is 0. The minimum Gasteiger partial charge on any atom is -0.479 e. The topological polar surface area (TPSA) is 49.3 Å². The summed E-state index contributed by atoms with van der Waals surface area (Å²) in [5.74, 6) is -0.844. The number of hydrogen-bond donors (Lipinski definition) is 2. The normalized spacial score (nSPS) is 12.5. The standard InChI is InChI=1S/C11H15NO2S/c1-7-4-5-8(2)9(6-7)15-10(12-3)11(13)14/h4-6,10,12H,1-3H3,(H,13,14). The first-order valence-electron chi connectivity index (χ1n) is 4.68. The molecular weight excluding hydrogens is 210 g/mol. The van der Waals surface area contributed by atoms with Gasteiger partial charge < -0.3 is 5.11 Å². The third-order valence-electron chi connectivity index (χ3n) is 2.07. The van der Waals surface area contributed by atoms with Crippen LogP contribution in [0.5, 0.6) is 0 Å². The van der Waals surface area contributed by atoms with E-state index in [4.69, 9.17) is 5.11 Å². The van der Waals surface area contributed by atoms with Gasteiger partial charge in [-0.15, -0.1) is 0 Å². The van der Waals surface area contributed by atoms with Crippen molar-refractivity contribution in [2.75, 3.05) is 7.05 Å². The van der Waals surface area contributed by atoms with Gasteiger partial charge in [-0.25, -0.2) is 4.79 Å². The minimum absolute atomic E-state index is 0.592. The van der Waals surface area contributed by atoms with Crippen molar-refractivity contribution in [2.24, 2.45) is 0 Å². The van der Waals surface area contributed by atoms with Gasteiger partial charge in [-0.2, -0.15) is 0 Å². The number of aryl methyl sites for hydroxylation is 2. The van der Waals surface area contributed by atoms with E-state index in [-0.39, 0.29) is 0 Å². The SMILES string of the molecule is CNC(Sc1cc(C)ccc1C)C(=O)O. The quantitative estimate of drug-likeness (QED) is 0.608. The number of carboxylic acids is 1. The van der Waals surface area contributed by atoms with Crippen molar-refractivity contribution < 1.29 is 9.90 Å².